The number of carbonyl (C=O) groups excluding carboxylic acids is 4. The van der Waals surface area contributed by atoms with Crippen LogP contribution >= 0.6 is 15.6 Å². The molecule has 17 nitrogen and oxygen atoms in total. The Bertz CT molecular complexity index is 1850. The summed E-state index contributed by atoms with van der Waals surface area (Å²) in [7, 11) is -9.91. The number of phosphoric ester groups is 2. The highest BCUT2D eigenvalue weighted by Gasteiger charge is 2.30. The highest BCUT2D eigenvalue weighted by atomic mass is 31.2. The summed E-state index contributed by atoms with van der Waals surface area (Å²) in [5, 5.41) is 10.6. The third kappa shape index (κ3) is 66.0. The molecule has 0 aromatic rings. The van der Waals surface area contributed by atoms with Gasteiger partial charge < -0.3 is 33.8 Å². The lowest BCUT2D eigenvalue weighted by atomic mass is 9.99. The minimum Gasteiger partial charge on any atom is -0.462 e. The molecule has 0 radical (unpaired) electrons. The van der Waals surface area contributed by atoms with Gasteiger partial charge in [0.15, 0.2) is 12.2 Å². The van der Waals surface area contributed by atoms with E-state index in [1.54, 1.807) is 0 Å². The second kappa shape index (κ2) is 64.4. The summed E-state index contributed by atoms with van der Waals surface area (Å²) in [6.07, 6.45) is 48.7. The van der Waals surface area contributed by atoms with E-state index in [1.807, 2.05) is 0 Å². The maximum Gasteiger partial charge on any atom is 0.472 e. The normalized spacial score (nSPS) is 14.7. The predicted molar refractivity (Wildman–Crippen MR) is 381 cm³/mol. The quantitative estimate of drug-likeness (QED) is 0.0222. The van der Waals surface area contributed by atoms with Gasteiger partial charge in [-0.05, 0) is 49.4 Å². The highest BCUT2D eigenvalue weighted by molar-refractivity contribution is 7.47. The molecule has 0 aliphatic carbocycles. The molecule has 0 aromatic carbocycles. The Hall–Kier alpha value is -1.94. The summed E-state index contributed by atoms with van der Waals surface area (Å²) in [6, 6.07) is 0. The molecule has 0 spiro atoms. The first-order valence-corrected chi connectivity index (χ1v) is 41.8. The monoisotopic (exact) mass is 1380 g/mol. The van der Waals surface area contributed by atoms with E-state index >= 15 is 0 Å². The molecule has 7 atom stereocenters. The number of unbranched alkanes of at least 4 members (excludes halogenated alkanes) is 36. The molecule has 0 aromatic heterocycles. The Morgan fingerprint density at radius 3 is 0.755 bits per heavy atom. The Labute approximate surface area is 575 Å². The summed E-state index contributed by atoms with van der Waals surface area (Å²) >= 11 is 0. The van der Waals surface area contributed by atoms with Gasteiger partial charge in [-0.3, -0.25) is 37.3 Å². The van der Waals surface area contributed by atoms with E-state index in [2.05, 4.69) is 55.4 Å². The van der Waals surface area contributed by atoms with Crippen molar-refractivity contribution >= 4 is 39.5 Å². The molecule has 0 aliphatic rings. The Balaban J connectivity index is 5.23. The molecule has 0 saturated heterocycles. The van der Waals surface area contributed by atoms with Crippen molar-refractivity contribution in [1.82, 2.24) is 0 Å². The number of hydrogen-bond acceptors (Lipinski definition) is 15. The van der Waals surface area contributed by atoms with Gasteiger partial charge in [0, 0.05) is 25.7 Å². The number of aliphatic hydroxyl groups is 1. The molecule has 0 aliphatic heterocycles. The number of esters is 4. The predicted octanol–water partition coefficient (Wildman–Crippen LogP) is 21.7. The molecule has 3 N–H and O–H groups in total. The van der Waals surface area contributed by atoms with E-state index in [9.17, 15) is 43.2 Å². The van der Waals surface area contributed by atoms with Gasteiger partial charge in [0.25, 0.3) is 0 Å². The van der Waals surface area contributed by atoms with Crippen LogP contribution < -0.4 is 0 Å². The Morgan fingerprint density at radius 1 is 0.298 bits per heavy atom. The molecular formula is C75H146O17P2. The van der Waals surface area contributed by atoms with Crippen molar-refractivity contribution in [3.05, 3.63) is 0 Å². The van der Waals surface area contributed by atoms with E-state index in [-0.39, 0.29) is 25.7 Å². The number of ether oxygens (including phenoxy) is 4. The van der Waals surface area contributed by atoms with Gasteiger partial charge in [-0.1, -0.05) is 325 Å². The number of hydrogen-bond donors (Lipinski definition) is 3. The SMILES string of the molecule is CCC(C)CCCCCCCCCCCCCCCCC(=O)OC[C@H](COP(=O)(O)OCC(O)COP(=O)(O)OC[C@@H](COC(=O)CCCCCCCCCC(C)C)OC(=O)CCCCCCCCC(C)CC)OC(=O)CCCCCCCCCCCCCCCC(C)C. The largest absolute Gasteiger partial charge is 0.472 e. The molecule has 94 heavy (non-hydrogen) atoms. The Morgan fingerprint density at radius 2 is 0.511 bits per heavy atom. The summed E-state index contributed by atoms with van der Waals surface area (Å²) < 4.78 is 68.4. The van der Waals surface area contributed by atoms with Crippen LogP contribution in [0, 0.1) is 23.7 Å². The van der Waals surface area contributed by atoms with Crippen LogP contribution in [0.25, 0.3) is 0 Å². The first kappa shape index (κ1) is 92.1. The molecule has 19 heteroatoms. The Kier molecular flexibility index (Phi) is 63.1. The van der Waals surface area contributed by atoms with Crippen molar-refractivity contribution in [2.24, 2.45) is 23.7 Å². The van der Waals surface area contributed by atoms with Crippen LogP contribution in [-0.2, 0) is 65.4 Å². The molecule has 0 rings (SSSR count). The lowest BCUT2D eigenvalue weighted by Crippen LogP contribution is -2.30. The molecular weight excluding hydrogens is 1230 g/mol. The molecule has 5 unspecified atom stereocenters. The van der Waals surface area contributed by atoms with Gasteiger partial charge >= 0.3 is 39.5 Å². The lowest BCUT2D eigenvalue weighted by molar-refractivity contribution is -0.161. The van der Waals surface area contributed by atoms with Gasteiger partial charge in [-0.2, -0.15) is 0 Å². The molecule has 0 bridgehead atoms. The molecule has 0 amide bonds. The van der Waals surface area contributed by atoms with Gasteiger partial charge in [0.2, 0.25) is 0 Å². The summed E-state index contributed by atoms with van der Waals surface area (Å²) in [5.41, 5.74) is 0. The summed E-state index contributed by atoms with van der Waals surface area (Å²) in [5.74, 6) is 0.936. The van der Waals surface area contributed by atoms with Crippen LogP contribution in [-0.4, -0.2) is 96.7 Å². The van der Waals surface area contributed by atoms with Gasteiger partial charge in [0.05, 0.1) is 26.4 Å². The van der Waals surface area contributed by atoms with Crippen LogP contribution in [0.2, 0.25) is 0 Å². The maximum atomic E-state index is 13.1. The van der Waals surface area contributed by atoms with Crippen LogP contribution in [0.1, 0.15) is 376 Å². The minimum atomic E-state index is -4.96. The highest BCUT2D eigenvalue weighted by Crippen LogP contribution is 2.45. The third-order valence-corrected chi connectivity index (χ3v) is 19.9. The van der Waals surface area contributed by atoms with Crippen LogP contribution in [0.15, 0.2) is 0 Å². The van der Waals surface area contributed by atoms with E-state index in [0.717, 1.165) is 114 Å². The second-order valence-electron chi connectivity index (χ2n) is 28.5. The number of rotatable bonds is 72. The van der Waals surface area contributed by atoms with Crippen molar-refractivity contribution in [3.8, 4) is 0 Å². The van der Waals surface area contributed by atoms with Crippen molar-refractivity contribution < 1.29 is 80.2 Å². The molecule has 558 valence electrons. The first-order valence-electron chi connectivity index (χ1n) is 38.8. The number of aliphatic hydroxyl groups excluding tert-OH is 1. The van der Waals surface area contributed by atoms with Gasteiger partial charge in [0.1, 0.15) is 19.3 Å². The summed E-state index contributed by atoms with van der Waals surface area (Å²) in [4.78, 5) is 72.7. The average Bonchev–Trinajstić information content (AvgIpc) is 1.45. The van der Waals surface area contributed by atoms with Crippen molar-refractivity contribution in [2.45, 2.75) is 395 Å². The topological polar surface area (TPSA) is 237 Å². The third-order valence-electron chi connectivity index (χ3n) is 18.0. The van der Waals surface area contributed by atoms with Gasteiger partial charge in [-0.15, -0.1) is 0 Å². The first-order chi connectivity index (χ1) is 45.2. The fraction of sp³-hybridized carbons (Fsp3) is 0.947. The number of phosphoric acid groups is 2. The van der Waals surface area contributed by atoms with Crippen LogP contribution in [0.4, 0.5) is 0 Å². The number of carbonyl (C=O) groups is 4. The summed E-state index contributed by atoms with van der Waals surface area (Å²) in [6.45, 7) is 14.2. The zero-order valence-corrected chi connectivity index (χ0v) is 63.4. The van der Waals surface area contributed by atoms with Crippen LogP contribution in [0.5, 0.6) is 0 Å². The van der Waals surface area contributed by atoms with Crippen molar-refractivity contribution in [1.29, 1.82) is 0 Å². The van der Waals surface area contributed by atoms with E-state index < -0.39 is 97.5 Å². The fourth-order valence-electron chi connectivity index (χ4n) is 11.3. The molecule has 0 heterocycles. The van der Waals surface area contributed by atoms with Crippen LogP contribution in [0.3, 0.4) is 0 Å². The minimum absolute atomic E-state index is 0.102. The smallest absolute Gasteiger partial charge is 0.462 e. The fourth-order valence-corrected chi connectivity index (χ4v) is 12.9. The zero-order valence-electron chi connectivity index (χ0n) is 61.6. The van der Waals surface area contributed by atoms with Gasteiger partial charge in [-0.25, -0.2) is 9.13 Å². The maximum absolute atomic E-state index is 13.1. The lowest BCUT2D eigenvalue weighted by Gasteiger charge is -2.21. The molecule has 0 saturated carbocycles. The second-order valence-corrected chi connectivity index (χ2v) is 31.4. The van der Waals surface area contributed by atoms with E-state index in [1.165, 1.54) is 173 Å². The zero-order chi connectivity index (χ0) is 69.6. The molecule has 0 fully saturated rings. The van der Waals surface area contributed by atoms with Crippen molar-refractivity contribution in [2.75, 3.05) is 39.6 Å². The average molecular weight is 1380 g/mol. The van der Waals surface area contributed by atoms with E-state index in [0.29, 0.717) is 31.6 Å². The standard InChI is InChI=1S/C75H146O17P2/c1-9-67(7)53-45-37-29-23-19-15-11-12-16-20-24-30-39-47-55-72(77)85-61-70(91-74(79)57-49-41-31-25-21-17-13-14-18-22-27-35-43-51-65(3)4)63-89-93(81,82)87-59-69(76)60-88-94(83,84)90-64-71(92-75(80)58-50-42-34-33-38-46-54-68(8)10-2)62-86-73(78)56-48-40-32-26-28-36-44-52-66(5)6/h65-71,76H,9-64H2,1-8H3,(H,81,82)(H,83,84)/t67?,68?,69?,70-,71-/m1/s1. The van der Waals surface area contributed by atoms with Crippen molar-refractivity contribution in [3.63, 3.8) is 0 Å². The van der Waals surface area contributed by atoms with E-state index in [4.69, 9.17) is 37.0 Å².